The monoisotopic (exact) mass is 484 g/mol. The van der Waals surface area contributed by atoms with Gasteiger partial charge in [0.15, 0.2) is 5.82 Å². The number of urea groups is 1. The first-order valence-electron chi connectivity index (χ1n) is 12.4. The second-order valence-corrected chi connectivity index (χ2v) is 8.70. The second-order valence-electron chi connectivity index (χ2n) is 8.70. The van der Waals surface area contributed by atoms with E-state index in [-0.39, 0.29) is 18.7 Å². The molecule has 0 aliphatic carbocycles. The molecular weight excluding hydrogens is 448 g/mol. The maximum absolute atomic E-state index is 11.9. The minimum absolute atomic E-state index is 0.000815. The first-order chi connectivity index (χ1) is 17.1. The van der Waals surface area contributed by atoms with E-state index < -0.39 is 0 Å². The molecule has 2 aliphatic rings. The third-order valence-electron chi connectivity index (χ3n) is 6.46. The summed E-state index contributed by atoms with van der Waals surface area (Å²) >= 11 is 0. The highest BCUT2D eigenvalue weighted by atomic mass is 16.5. The van der Waals surface area contributed by atoms with Crippen molar-refractivity contribution < 1.29 is 19.4 Å². The van der Waals surface area contributed by atoms with Crippen molar-refractivity contribution in [1.82, 2.24) is 20.2 Å². The van der Waals surface area contributed by atoms with E-state index >= 15 is 0 Å². The zero-order valence-corrected chi connectivity index (χ0v) is 20.6. The van der Waals surface area contributed by atoms with Gasteiger partial charge in [-0.2, -0.15) is 0 Å². The Kier molecular flexibility index (Phi) is 8.86. The molecule has 4 rings (SSSR count). The lowest BCUT2D eigenvalue weighted by Gasteiger charge is -2.39. The molecule has 1 atom stereocenters. The van der Waals surface area contributed by atoms with Crippen LogP contribution < -0.4 is 15.5 Å². The van der Waals surface area contributed by atoms with Crippen molar-refractivity contribution in [3.63, 3.8) is 0 Å². The predicted octanol–water partition coefficient (Wildman–Crippen LogP) is 2.05. The van der Waals surface area contributed by atoms with Gasteiger partial charge in [-0.25, -0.2) is 14.8 Å². The number of benzene rings is 1. The van der Waals surface area contributed by atoms with Gasteiger partial charge in [-0.3, -0.25) is 4.90 Å². The molecule has 1 unspecified atom stereocenters. The molecule has 2 aromatic rings. The van der Waals surface area contributed by atoms with E-state index in [9.17, 15) is 9.90 Å². The molecule has 10 heteroatoms. The van der Waals surface area contributed by atoms with Gasteiger partial charge in [-0.05, 0) is 44.0 Å². The summed E-state index contributed by atoms with van der Waals surface area (Å²) in [4.78, 5) is 26.6. The molecule has 2 aliphatic heterocycles. The van der Waals surface area contributed by atoms with Gasteiger partial charge in [0.1, 0.15) is 5.82 Å². The number of carbonyl (C=O) groups is 1. The topological polar surface area (TPSA) is 112 Å². The summed E-state index contributed by atoms with van der Waals surface area (Å²) in [5.41, 5.74) is 3.73. The van der Waals surface area contributed by atoms with Gasteiger partial charge in [0.05, 0.1) is 31.6 Å². The average molecular weight is 485 g/mol. The van der Waals surface area contributed by atoms with Gasteiger partial charge in [-0.1, -0.05) is 0 Å². The Morgan fingerprint density at radius 3 is 2.66 bits per heavy atom. The van der Waals surface area contributed by atoms with Gasteiger partial charge < -0.3 is 30.1 Å². The number of carbonyl (C=O) groups excluding carboxylic acids is 1. The van der Waals surface area contributed by atoms with E-state index in [1.165, 1.54) is 0 Å². The van der Waals surface area contributed by atoms with E-state index in [0.29, 0.717) is 44.3 Å². The standard InChI is InChI=1S/C25H36N6O4/c1-3-26-25(33)27-19-6-4-18(5-7-19)23-28-22-20(24(29-23)31-12-16-35-17-13-31)8-10-30(11-15-34-2)21(22)9-14-32/h4-7,21,32H,3,8-17H2,1-2H3,(H2,26,27,33). The molecule has 35 heavy (non-hydrogen) atoms. The zero-order chi connectivity index (χ0) is 24.6. The fraction of sp³-hybridized carbons (Fsp3) is 0.560. The van der Waals surface area contributed by atoms with Crippen LogP contribution in [0.1, 0.15) is 30.6 Å². The van der Waals surface area contributed by atoms with E-state index in [4.69, 9.17) is 19.4 Å². The summed E-state index contributed by atoms with van der Waals surface area (Å²) in [7, 11) is 1.71. The quantitative estimate of drug-likeness (QED) is 0.496. The number of morpholine rings is 1. The molecule has 3 heterocycles. The number of aliphatic hydroxyl groups excluding tert-OH is 1. The Morgan fingerprint density at radius 1 is 1.20 bits per heavy atom. The molecular formula is C25H36N6O4. The minimum Gasteiger partial charge on any atom is -0.396 e. The number of hydrogen-bond donors (Lipinski definition) is 3. The van der Waals surface area contributed by atoms with Gasteiger partial charge >= 0.3 is 6.03 Å². The van der Waals surface area contributed by atoms with Crippen LogP contribution in [0, 0.1) is 0 Å². The van der Waals surface area contributed by atoms with Gasteiger partial charge in [0, 0.05) is 63.3 Å². The number of aromatic nitrogens is 2. The molecule has 0 saturated carbocycles. The van der Waals surface area contributed by atoms with Crippen LogP contribution in [0.3, 0.4) is 0 Å². The lowest BCUT2D eigenvalue weighted by Crippen LogP contribution is -2.42. The molecule has 1 saturated heterocycles. The van der Waals surface area contributed by atoms with Crippen LogP contribution in [0.25, 0.3) is 11.4 Å². The number of amides is 2. The Bertz CT molecular complexity index is 981. The fourth-order valence-corrected chi connectivity index (χ4v) is 4.71. The van der Waals surface area contributed by atoms with Crippen molar-refractivity contribution in [1.29, 1.82) is 0 Å². The third-order valence-corrected chi connectivity index (χ3v) is 6.46. The van der Waals surface area contributed by atoms with Crippen LogP contribution in [0.15, 0.2) is 24.3 Å². The van der Waals surface area contributed by atoms with Crippen molar-refractivity contribution >= 4 is 17.5 Å². The van der Waals surface area contributed by atoms with Gasteiger partial charge in [0.2, 0.25) is 0 Å². The number of rotatable bonds is 9. The van der Waals surface area contributed by atoms with Crippen molar-refractivity contribution in [3.8, 4) is 11.4 Å². The molecule has 0 spiro atoms. The summed E-state index contributed by atoms with van der Waals surface area (Å²) in [6.07, 6.45) is 1.45. The lowest BCUT2D eigenvalue weighted by molar-refractivity contribution is 0.0967. The molecule has 0 bridgehead atoms. The number of ether oxygens (including phenoxy) is 2. The van der Waals surface area contributed by atoms with E-state index in [1.807, 2.05) is 31.2 Å². The fourth-order valence-electron chi connectivity index (χ4n) is 4.71. The van der Waals surface area contributed by atoms with Crippen molar-refractivity contribution in [2.24, 2.45) is 0 Å². The molecule has 10 nitrogen and oxygen atoms in total. The van der Waals surface area contributed by atoms with Crippen LogP contribution in [0.4, 0.5) is 16.3 Å². The normalized spacial score (nSPS) is 18.3. The van der Waals surface area contributed by atoms with E-state index in [1.54, 1.807) is 7.11 Å². The SMILES string of the molecule is CCNC(=O)Nc1ccc(-c2nc3c(c(N4CCOCC4)n2)CCN(CCOC)C3CCO)cc1. The molecule has 3 N–H and O–H groups in total. The first-order valence-corrected chi connectivity index (χ1v) is 12.4. The van der Waals surface area contributed by atoms with Crippen LogP contribution >= 0.6 is 0 Å². The smallest absolute Gasteiger partial charge is 0.319 e. The number of aliphatic hydroxyl groups is 1. The second kappa shape index (κ2) is 12.3. The summed E-state index contributed by atoms with van der Waals surface area (Å²) in [6.45, 7) is 7.74. The average Bonchev–Trinajstić information content (AvgIpc) is 2.89. The number of fused-ring (bicyclic) bond motifs is 1. The van der Waals surface area contributed by atoms with Gasteiger partial charge in [-0.15, -0.1) is 0 Å². The minimum atomic E-state index is -0.233. The highest BCUT2D eigenvalue weighted by molar-refractivity contribution is 5.89. The molecule has 190 valence electrons. The van der Waals surface area contributed by atoms with Crippen molar-refractivity contribution in [2.45, 2.75) is 25.8 Å². The molecule has 1 fully saturated rings. The maximum Gasteiger partial charge on any atom is 0.319 e. The number of methoxy groups -OCH3 is 1. The Balaban J connectivity index is 1.71. The largest absolute Gasteiger partial charge is 0.396 e. The highest BCUT2D eigenvalue weighted by Gasteiger charge is 2.33. The lowest BCUT2D eigenvalue weighted by atomic mass is 9.95. The predicted molar refractivity (Wildman–Crippen MR) is 135 cm³/mol. The molecule has 0 radical (unpaired) electrons. The number of nitrogens with zero attached hydrogens (tertiary/aromatic N) is 4. The Morgan fingerprint density at radius 2 is 1.97 bits per heavy atom. The maximum atomic E-state index is 11.9. The third kappa shape index (κ3) is 6.07. The van der Waals surface area contributed by atoms with Crippen LogP contribution in [-0.4, -0.2) is 92.3 Å². The Labute approximate surface area is 206 Å². The van der Waals surface area contributed by atoms with Crippen LogP contribution in [-0.2, 0) is 15.9 Å². The number of hydrogen-bond acceptors (Lipinski definition) is 8. The molecule has 1 aromatic carbocycles. The first kappa shape index (κ1) is 25.3. The summed E-state index contributed by atoms with van der Waals surface area (Å²) in [6, 6.07) is 7.34. The van der Waals surface area contributed by atoms with Crippen molar-refractivity contribution in [3.05, 3.63) is 35.5 Å². The molecule has 1 aromatic heterocycles. The molecule has 2 amide bonds. The van der Waals surface area contributed by atoms with Crippen LogP contribution in [0.5, 0.6) is 0 Å². The zero-order valence-electron chi connectivity index (χ0n) is 20.6. The summed E-state index contributed by atoms with van der Waals surface area (Å²) < 4.78 is 10.9. The van der Waals surface area contributed by atoms with Gasteiger partial charge in [0.25, 0.3) is 0 Å². The van der Waals surface area contributed by atoms with E-state index in [0.717, 1.165) is 55.2 Å². The van der Waals surface area contributed by atoms with E-state index in [2.05, 4.69) is 20.4 Å². The Hall–Kier alpha value is -2.79. The highest BCUT2D eigenvalue weighted by Crippen LogP contribution is 2.37. The van der Waals surface area contributed by atoms with Crippen LogP contribution in [0.2, 0.25) is 0 Å². The summed E-state index contributed by atoms with van der Waals surface area (Å²) in [5.74, 6) is 1.61. The van der Waals surface area contributed by atoms with Crippen molar-refractivity contribution in [2.75, 3.05) is 76.5 Å². The summed E-state index contributed by atoms with van der Waals surface area (Å²) in [5, 5.41) is 15.4. The number of nitrogens with one attached hydrogen (secondary N) is 2. The number of anilines is 2.